The van der Waals surface area contributed by atoms with E-state index in [1.807, 2.05) is 0 Å². The number of rotatable bonds is 6. The fraction of sp³-hybridized carbons (Fsp3) is 0.389. The Bertz CT molecular complexity index is 934. The molecule has 0 bridgehead atoms. The van der Waals surface area contributed by atoms with E-state index in [9.17, 15) is 13.2 Å². The SMILES string of the molecule is O=C(/C=C/c1ccc(S(=O)(=O)N2CCCCCC2)cc1)OCc1nnsc1Cl. The predicted octanol–water partition coefficient (Wildman–Crippen LogP) is 3.51. The summed E-state index contributed by atoms with van der Waals surface area (Å²) in [6.45, 7) is 1.08. The van der Waals surface area contributed by atoms with E-state index in [0.717, 1.165) is 37.2 Å². The van der Waals surface area contributed by atoms with Crippen molar-refractivity contribution in [2.45, 2.75) is 37.2 Å². The molecular weight excluding hydrogens is 422 g/mol. The number of hydrogen-bond donors (Lipinski definition) is 0. The quantitative estimate of drug-likeness (QED) is 0.503. The summed E-state index contributed by atoms with van der Waals surface area (Å²) in [5.74, 6) is -0.551. The Labute approximate surface area is 173 Å². The molecular formula is C18H20ClN3O4S2. The summed E-state index contributed by atoms with van der Waals surface area (Å²) in [7, 11) is -3.48. The highest BCUT2D eigenvalue weighted by molar-refractivity contribution is 7.89. The Morgan fingerprint density at radius 3 is 2.46 bits per heavy atom. The molecule has 0 radical (unpaired) electrons. The first-order chi connectivity index (χ1) is 13.5. The molecule has 2 aromatic rings. The van der Waals surface area contributed by atoms with Gasteiger partial charge in [-0.05, 0) is 36.6 Å². The summed E-state index contributed by atoms with van der Waals surface area (Å²) in [4.78, 5) is 12.1. The summed E-state index contributed by atoms with van der Waals surface area (Å²) in [6.07, 6.45) is 6.75. The zero-order chi connectivity index (χ0) is 20.0. The van der Waals surface area contributed by atoms with E-state index in [1.165, 1.54) is 6.08 Å². The van der Waals surface area contributed by atoms with Gasteiger partial charge in [0.2, 0.25) is 10.0 Å². The van der Waals surface area contributed by atoms with Crippen LogP contribution in [0.2, 0.25) is 4.34 Å². The van der Waals surface area contributed by atoms with Crippen LogP contribution < -0.4 is 0 Å². The number of ether oxygens (including phenoxy) is 1. The van der Waals surface area contributed by atoms with Crippen LogP contribution in [0.5, 0.6) is 0 Å². The van der Waals surface area contributed by atoms with E-state index in [0.29, 0.717) is 28.7 Å². The number of carbonyl (C=O) groups is 1. The van der Waals surface area contributed by atoms with Gasteiger partial charge in [0.1, 0.15) is 16.6 Å². The van der Waals surface area contributed by atoms with Gasteiger partial charge in [0.15, 0.2) is 0 Å². The molecule has 0 N–H and O–H groups in total. The van der Waals surface area contributed by atoms with Gasteiger partial charge in [0.05, 0.1) is 4.90 Å². The number of esters is 1. The van der Waals surface area contributed by atoms with E-state index in [2.05, 4.69) is 9.59 Å². The molecule has 1 aliphatic rings. The summed E-state index contributed by atoms with van der Waals surface area (Å²) in [5, 5.41) is 3.76. The third kappa shape index (κ3) is 5.38. The van der Waals surface area contributed by atoms with Gasteiger partial charge in [0.25, 0.3) is 0 Å². The lowest BCUT2D eigenvalue weighted by Gasteiger charge is -2.19. The fourth-order valence-corrected chi connectivity index (χ4v) is 4.94. The van der Waals surface area contributed by atoms with Crippen LogP contribution >= 0.6 is 23.1 Å². The monoisotopic (exact) mass is 441 g/mol. The second kappa shape index (κ2) is 9.60. The minimum atomic E-state index is -3.48. The van der Waals surface area contributed by atoms with Gasteiger partial charge in [0, 0.05) is 30.7 Å². The van der Waals surface area contributed by atoms with E-state index >= 15 is 0 Å². The number of halogens is 1. The van der Waals surface area contributed by atoms with Crippen LogP contribution in [-0.2, 0) is 26.2 Å². The van der Waals surface area contributed by atoms with Crippen molar-refractivity contribution in [2.75, 3.05) is 13.1 Å². The van der Waals surface area contributed by atoms with Crippen molar-refractivity contribution in [3.8, 4) is 0 Å². The van der Waals surface area contributed by atoms with Crippen molar-refractivity contribution in [3.63, 3.8) is 0 Å². The third-order valence-electron chi connectivity index (χ3n) is 4.36. The first-order valence-corrected chi connectivity index (χ1v) is 11.5. The van der Waals surface area contributed by atoms with Crippen LogP contribution in [0.4, 0.5) is 0 Å². The summed E-state index contributed by atoms with van der Waals surface area (Å²) in [5.41, 5.74) is 1.11. The van der Waals surface area contributed by atoms with Crippen molar-refractivity contribution in [1.29, 1.82) is 0 Å². The standard InChI is InChI=1S/C18H20ClN3O4S2/c19-18-16(20-21-27-18)13-26-17(23)10-7-14-5-8-15(9-6-14)28(24,25)22-11-3-1-2-4-12-22/h5-10H,1-4,11-13H2/b10-7+. The molecule has 1 fully saturated rings. The number of carbonyl (C=O) groups excluding carboxylic acids is 1. The minimum Gasteiger partial charge on any atom is -0.456 e. The van der Waals surface area contributed by atoms with E-state index < -0.39 is 16.0 Å². The average Bonchev–Trinajstić information content (AvgIpc) is 2.93. The van der Waals surface area contributed by atoms with Gasteiger partial charge in [-0.1, -0.05) is 41.1 Å². The minimum absolute atomic E-state index is 0.0501. The van der Waals surface area contributed by atoms with Gasteiger partial charge in [-0.15, -0.1) is 5.10 Å². The Morgan fingerprint density at radius 2 is 1.86 bits per heavy atom. The van der Waals surface area contributed by atoms with Gasteiger partial charge in [-0.25, -0.2) is 13.2 Å². The molecule has 1 saturated heterocycles. The van der Waals surface area contributed by atoms with E-state index in [1.54, 1.807) is 34.6 Å². The zero-order valence-electron chi connectivity index (χ0n) is 15.1. The summed E-state index contributed by atoms with van der Waals surface area (Å²) >= 11 is 6.87. The number of hydrogen-bond acceptors (Lipinski definition) is 7. The Kier molecular flexibility index (Phi) is 7.17. The van der Waals surface area contributed by atoms with Crippen molar-refractivity contribution in [3.05, 3.63) is 45.9 Å². The molecule has 10 heteroatoms. The molecule has 0 saturated carbocycles. The smallest absolute Gasteiger partial charge is 0.331 e. The largest absolute Gasteiger partial charge is 0.456 e. The van der Waals surface area contributed by atoms with E-state index in [-0.39, 0.29) is 11.5 Å². The summed E-state index contributed by atoms with van der Waals surface area (Å²) in [6, 6.07) is 6.45. The average molecular weight is 442 g/mol. The van der Waals surface area contributed by atoms with Crippen LogP contribution in [0.3, 0.4) is 0 Å². The van der Waals surface area contributed by atoms with Crippen LogP contribution in [-0.4, -0.2) is 41.4 Å². The molecule has 28 heavy (non-hydrogen) atoms. The lowest BCUT2D eigenvalue weighted by Crippen LogP contribution is -2.31. The van der Waals surface area contributed by atoms with Crippen molar-refractivity contribution in [2.24, 2.45) is 0 Å². The molecule has 1 aromatic carbocycles. The van der Waals surface area contributed by atoms with E-state index in [4.69, 9.17) is 16.3 Å². The molecule has 1 aromatic heterocycles. The van der Waals surface area contributed by atoms with Crippen molar-refractivity contribution < 1.29 is 17.9 Å². The zero-order valence-corrected chi connectivity index (χ0v) is 17.5. The molecule has 3 rings (SSSR count). The van der Waals surface area contributed by atoms with Gasteiger partial charge in [-0.2, -0.15) is 4.31 Å². The molecule has 2 heterocycles. The Balaban J connectivity index is 1.59. The van der Waals surface area contributed by atoms with Crippen LogP contribution in [0.25, 0.3) is 6.08 Å². The molecule has 0 spiro atoms. The van der Waals surface area contributed by atoms with Crippen LogP contribution in [0.1, 0.15) is 36.9 Å². The number of nitrogens with zero attached hydrogens (tertiary/aromatic N) is 3. The summed E-state index contributed by atoms with van der Waals surface area (Å²) < 4.78 is 36.2. The van der Waals surface area contributed by atoms with Gasteiger partial charge < -0.3 is 4.74 Å². The first kappa shape index (κ1) is 20.9. The highest BCUT2D eigenvalue weighted by Crippen LogP contribution is 2.21. The highest BCUT2D eigenvalue weighted by Gasteiger charge is 2.24. The Hall–Kier alpha value is -1.81. The molecule has 150 valence electrons. The maximum atomic E-state index is 12.8. The molecule has 7 nitrogen and oxygen atoms in total. The lowest BCUT2D eigenvalue weighted by atomic mass is 10.2. The topological polar surface area (TPSA) is 89.5 Å². The third-order valence-corrected chi connectivity index (χ3v) is 7.25. The van der Waals surface area contributed by atoms with Crippen molar-refractivity contribution >= 4 is 45.2 Å². The maximum absolute atomic E-state index is 12.8. The predicted molar refractivity (Wildman–Crippen MR) is 107 cm³/mol. The fourth-order valence-electron chi connectivity index (χ4n) is 2.82. The molecule has 0 atom stereocenters. The second-order valence-corrected chi connectivity index (χ2v) is 9.62. The number of sulfonamides is 1. The Morgan fingerprint density at radius 1 is 1.18 bits per heavy atom. The first-order valence-electron chi connectivity index (χ1n) is 8.88. The molecule has 0 amide bonds. The normalized spacial score (nSPS) is 16.2. The lowest BCUT2D eigenvalue weighted by molar-refractivity contribution is -0.139. The van der Waals surface area contributed by atoms with Gasteiger partial charge in [-0.3, -0.25) is 0 Å². The van der Waals surface area contributed by atoms with Crippen LogP contribution in [0, 0.1) is 0 Å². The van der Waals surface area contributed by atoms with Gasteiger partial charge >= 0.3 is 5.97 Å². The highest BCUT2D eigenvalue weighted by atomic mass is 35.5. The maximum Gasteiger partial charge on any atom is 0.331 e. The molecule has 0 aliphatic carbocycles. The van der Waals surface area contributed by atoms with Crippen LogP contribution in [0.15, 0.2) is 35.2 Å². The number of benzene rings is 1. The van der Waals surface area contributed by atoms with Crippen molar-refractivity contribution in [1.82, 2.24) is 13.9 Å². The number of aromatic nitrogens is 2. The molecule has 0 unspecified atom stereocenters. The molecule has 1 aliphatic heterocycles. The second-order valence-electron chi connectivity index (χ2n) is 6.32.